The van der Waals surface area contributed by atoms with Crippen molar-refractivity contribution in [2.45, 2.75) is 137 Å². The minimum atomic E-state index is -0.326. The molecule has 5 nitrogen and oxygen atoms in total. The number of aryl methyl sites for hydroxylation is 1. The second-order valence-corrected chi connectivity index (χ2v) is 17.1. The van der Waals surface area contributed by atoms with Gasteiger partial charge in [-0.1, -0.05) is 65.5 Å². The van der Waals surface area contributed by atoms with Crippen LogP contribution in [0, 0.1) is 46.3 Å². The van der Waals surface area contributed by atoms with E-state index in [2.05, 4.69) is 40.7 Å². The molecular weight excluding hydrogens is 584 g/mol. The summed E-state index contributed by atoms with van der Waals surface area (Å²) in [6.45, 7) is 12.3. The zero-order valence-electron chi connectivity index (χ0n) is 29.7. The predicted octanol–water partition coefficient (Wildman–Crippen LogP) is 10.0. The molecule has 0 amide bonds. The third kappa shape index (κ3) is 6.12. The van der Waals surface area contributed by atoms with Gasteiger partial charge in [0, 0.05) is 23.4 Å². The Morgan fingerprint density at radius 2 is 1.79 bits per heavy atom. The van der Waals surface area contributed by atoms with Gasteiger partial charge in [-0.25, -0.2) is 9.59 Å². The van der Waals surface area contributed by atoms with Crippen molar-refractivity contribution in [3.8, 4) is 5.75 Å². The molecule has 5 heteroatoms. The molecule has 5 aliphatic carbocycles. The van der Waals surface area contributed by atoms with Crippen LogP contribution < -0.4 is 10.4 Å². The smallest absolute Gasteiger partial charge is 0.344 e. The molecule has 8 atom stereocenters. The highest BCUT2D eigenvalue weighted by molar-refractivity contribution is 5.83. The van der Waals surface area contributed by atoms with Crippen LogP contribution in [0.4, 0.5) is 0 Å². The summed E-state index contributed by atoms with van der Waals surface area (Å²) >= 11 is 0. The molecule has 0 bridgehead atoms. The maximum Gasteiger partial charge on any atom is 0.344 e. The zero-order valence-corrected chi connectivity index (χ0v) is 29.7. The molecule has 1 heterocycles. The Morgan fingerprint density at radius 3 is 2.60 bits per heavy atom. The first-order chi connectivity index (χ1) is 22.6. The van der Waals surface area contributed by atoms with Gasteiger partial charge in [0.1, 0.15) is 17.4 Å². The molecule has 47 heavy (non-hydrogen) atoms. The van der Waals surface area contributed by atoms with Gasteiger partial charge in [0.15, 0.2) is 6.61 Å². The van der Waals surface area contributed by atoms with Gasteiger partial charge < -0.3 is 13.9 Å². The quantitative estimate of drug-likeness (QED) is 0.155. The lowest BCUT2D eigenvalue weighted by molar-refractivity contribution is -0.153. The van der Waals surface area contributed by atoms with Gasteiger partial charge in [0.2, 0.25) is 0 Å². The van der Waals surface area contributed by atoms with Crippen molar-refractivity contribution in [1.82, 2.24) is 0 Å². The number of fused-ring (bicyclic) bond motifs is 8. The van der Waals surface area contributed by atoms with Crippen LogP contribution in [0.15, 0.2) is 39.1 Å². The van der Waals surface area contributed by atoms with E-state index < -0.39 is 0 Å². The van der Waals surface area contributed by atoms with E-state index >= 15 is 0 Å². The SMILES string of the molecule is CC(C)CCC[C@H](C)[C@@H]1CC[C@@H]2[C@H]3CC=C4C[C@H](OC(=O)COc5ccc6c7c(c(=O)oc6c5)CCCC7)CC[C@]4(C)[C@@H]3CC[C@@]21C. The number of esters is 1. The number of ether oxygens (including phenoxy) is 2. The average molecular weight is 643 g/mol. The molecule has 5 aliphatic rings. The maximum atomic E-state index is 13.0. The highest BCUT2D eigenvalue weighted by atomic mass is 16.6. The first-order valence-corrected chi connectivity index (χ1v) is 19.2. The third-order valence-corrected chi connectivity index (χ3v) is 14.1. The van der Waals surface area contributed by atoms with Crippen molar-refractivity contribution in [3.63, 3.8) is 0 Å². The highest BCUT2D eigenvalue weighted by Gasteiger charge is 2.59. The van der Waals surface area contributed by atoms with Gasteiger partial charge in [0.05, 0.1) is 0 Å². The van der Waals surface area contributed by atoms with Crippen LogP contribution in [0.3, 0.4) is 0 Å². The van der Waals surface area contributed by atoms with Crippen LogP contribution in [0.2, 0.25) is 0 Å². The van der Waals surface area contributed by atoms with Crippen molar-refractivity contribution in [1.29, 1.82) is 0 Å². The Morgan fingerprint density at radius 1 is 0.979 bits per heavy atom. The van der Waals surface area contributed by atoms with Crippen LogP contribution >= 0.6 is 0 Å². The van der Waals surface area contributed by atoms with Crippen molar-refractivity contribution >= 4 is 16.9 Å². The summed E-state index contributed by atoms with van der Waals surface area (Å²) < 4.78 is 17.5. The fraction of sp³-hybridized carbons (Fsp3) is 0.714. The molecule has 7 rings (SSSR count). The maximum absolute atomic E-state index is 13.0. The second-order valence-electron chi connectivity index (χ2n) is 17.1. The van der Waals surface area contributed by atoms with Gasteiger partial charge in [-0.15, -0.1) is 0 Å². The molecule has 0 saturated heterocycles. The summed E-state index contributed by atoms with van der Waals surface area (Å²) in [5.41, 5.74) is 4.49. The first kappa shape index (κ1) is 33.0. The Hall–Kier alpha value is -2.56. The molecule has 2 aromatic rings. The zero-order chi connectivity index (χ0) is 32.9. The van der Waals surface area contributed by atoms with E-state index in [1.807, 2.05) is 12.1 Å². The van der Waals surface area contributed by atoms with E-state index in [0.717, 1.165) is 97.0 Å². The molecular formula is C42H58O5. The van der Waals surface area contributed by atoms with Crippen LogP contribution in [0.25, 0.3) is 11.0 Å². The molecule has 1 aromatic carbocycles. The monoisotopic (exact) mass is 642 g/mol. The Kier molecular flexibility index (Phi) is 9.15. The van der Waals surface area contributed by atoms with Crippen molar-refractivity contribution in [2.75, 3.05) is 6.61 Å². The van der Waals surface area contributed by atoms with E-state index in [0.29, 0.717) is 16.7 Å². The van der Waals surface area contributed by atoms with Crippen molar-refractivity contribution < 1.29 is 18.7 Å². The fourth-order valence-corrected chi connectivity index (χ4v) is 11.6. The van der Waals surface area contributed by atoms with E-state index in [-0.39, 0.29) is 29.7 Å². The molecule has 0 spiro atoms. The number of allylic oxidation sites excluding steroid dienone is 1. The third-order valence-electron chi connectivity index (χ3n) is 14.1. The van der Waals surface area contributed by atoms with E-state index in [1.165, 1.54) is 56.9 Å². The number of carbonyl (C=O) groups is 1. The van der Waals surface area contributed by atoms with Gasteiger partial charge >= 0.3 is 11.6 Å². The van der Waals surface area contributed by atoms with Crippen LogP contribution in [0.5, 0.6) is 5.75 Å². The number of hydrogen-bond acceptors (Lipinski definition) is 5. The minimum absolute atomic E-state index is 0.0838. The topological polar surface area (TPSA) is 65.7 Å². The Bertz CT molecular complexity index is 1570. The lowest BCUT2D eigenvalue weighted by Crippen LogP contribution is -2.51. The number of carbonyl (C=O) groups excluding carboxylic acids is 1. The van der Waals surface area contributed by atoms with Gasteiger partial charge in [-0.2, -0.15) is 0 Å². The van der Waals surface area contributed by atoms with Gasteiger partial charge in [-0.05, 0) is 135 Å². The van der Waals surface area contributed by atoms with Crippen molar-refractivity contribution in [3.05, 3.63) is 51.4 Å². The largest absolute Gasteiger partial charge is 0.482 e. The summed E-state index contributed by atoms with van der Waals surface area (Å²) in [5.74, 6) is 5.15. The normalized spacial score (nSPS) is 33.7. The lowest BCUT2D eigenvalue weighted by Gasteiger charge is -2.58. The summed E-state index contributed by atoms with van der Waals surface area (Å²) in [6, 6.07) is 5.57. The number of hydrogen-bond donors (Lipinski definition) is 0. The average Bonchev–Trinajstić information content (AvgIpc) is 3.41. The fourth-order valence-electron chi connectivity index (χ4n) is 11.6. The van der Waals surface area contributed by atoms with Crippen LogP contribution in [-0.4, -0.2) is 18.7 Å². The number of rotatable bonds is 9. The van der Waals surface area contributed by atoms with Gasteiger partial charge in [0.25, 0.3) is 0 Å². The van der Waals surface area contributed by atoms with E-state index in [4.69, 9.17) is 13.9 Å². The predicted molar refractivity (Wildman–Crippen MR) is 188 cm³/mol. The lowest BCUT2D eigenvalue weighted by atomic mass is 9.47. The van der Waals surface area contributed by atoms with Gasteiger partial charge in [-0.3, -0.25) is 0 Å². The second kappa shape index (κ2) is 13.0. The molecule has 3 saturated carbocycles. The molecule has 256 valence electrons. The van der Waals surface area contributed by atoms with Crippen LogP contribution in [0.1, 0.15) is 129 Å². The molecule has 1 aromatic heterocycles. The van der Waals surface area contributed by atoms with Crippen molar-refractivity contribution in [2.24, 2.45) is 46.3 Å². The van der Waals surface area contributed by atoms with Crippen LogP contribution in [-0.2, 0) is 22.4 Å². The minimum Gasteiger partial charge on any atom is -0.482 e. The Labute approximate surface area is 282 Å². The molecule has 0 aliphatic heterocycles. The highest BCUT2D eigenvalue weighted by Crippen LogP contribution is 2.67. The standard InChI is InChI=1S/C42H58O5/c1-26(2)9-8-10-27(3)35-17-18-36-34-15-13-28-23-30(19-21-41(28,4)37(34)20-22-42(35,36)5)46-39(43)25-45-29-14-16-32-31-11-6-7-12-33(31)40(44)47-38(32)24-29/h13-14,16,24,26-27,30,34-37H,6-12,15,17-23,25H2,1-5H3/t27-,30+,34+,35-,36+,37+,41-,42+/m0/s1. The number of benzene rings is 1. The molecule has 0 unspecified atom stereocenters. The molecule has 3 fully saturated rings. The summed E-state index contributed by atoms with van der Waals surface area (Å²) in [6.07, 6.45) is 20.1. The first-order valence-electron chi connectivity index (χ1n) is 19.2. The summed E-state index contributed by atoms with van der Waals surface area (Å²) in [7, 11) is 0. The van der Waals surface area contributed by atoms with E-state index in [9.17, 15) is 9.59 Å². The van der Waals surface area contributed by atoms with E-state index in [1.54, 1.807) is 6.07 Å². The summed E-state index contributed by atoms with van der Waals surface area (Å²) in [5, 5.41) is 0.976. The summed E-state index contributed by atoms with van der Waals surface area (Å²) in [4.78, 5) is 25.5. The molecule has 0 N–H and O–H groups in total. The Balaban J connectivity index is 0.953. The molecule has 0 radical (unpaired) electrons.